The maximum Gasteiger partial charge on any atom is 3.00 e. The molecule has 58 valence electrons. The molecular formula is C7H6AlO4+3. The fourth-order valence-electron chi connectivity index (χ4n) is 0.695. The number of carbonyl (C=O) groups excluding carboxylic acids is 1. The summed E-state index contributed by atoms with van der Waals surface area (Å²) in [6.45, 7) is 0. The topological polar surface area (TPSA) is 66.8 Å². The number of hydrogen-bond acceptors (Lipinski definition) is 4. The van der Waals surface area contributed by atoms with Crippen molar-refractivity contribution in [1.82, 2.24) is 0 Å². The molecule has 0 saturated carbocycles. The van der Waals surface area contributed by atoms with E-state index in [0.29, 0.717) is 0 Å². The summed E-state index contributed by atoms with van der Waals surface area (Å²) in [4.78, 5) is 14.0. The number of aromatic hydroxyl groups is 1. The van der Waals surface area contributed by atoms with Gasteiger partial charge in [0.2, 0.25) is 0 Å². The van der Waals surface area contributed by atoms with Crippen molar-refractivity contribution in [3.05, 3.63) is 29.8 Å². The molecular weight excluding hydrogens is 175 g/mol. The number of hydrogen-bond donors (Lipinski definition) is 2. The van der Waals surface area contributed by atoms with Crippen molar-refractivity contribution in [1.29, 1.82) is 0 Å². The van der Waals surface area contributed by atoms with Crippen molar-refractivity contribution in [2.24, 2.45) is 0 Å². The van der Waals surface area contributed by atoms with Crippen LogP contribution in [-0.4, -0.2) is 33.7 Å². The molecule has 0 unspecified atom stereocenters. The molecule has 0 aliphatic rings. The Kier molecular flexibility index (Phi) is 4.37. The van der Waals surface area contributed by atoms with Crippen molar-refractivity contribution >= 4 is 23.3 Å². The predicted molar refractivity (Wildman–Crippen MR) is 41.9 cm³/mol. The van der Waals surface area contributed by atoms with Gasteiger partial charge in [-0.15, -0.1) is 0 Å². The monoisotopic (exact) mass is 181 g/mol. The van der Waals surface area contributed by atoms with Gasteiger partial charge in [-0.1, -0.05) is 12.1 Å². The Hall–Kier alpha value is -1.02. The summed E-state index contributed by atoms with van der Waals surface area (Å²) in [5.41, 5.74) is -0.0602. The van der Waals surface area contributed by atoms with Gasteiger partial charge in [0.25, 0.3) is 0 Å². The predicted octanol–water partition coefficient (Wildman–Crippen LogP) is 0.641. The second-order valence-electron chi connectivity index (χ2n) is 1.90. The number of phenolic OH excluding ortho intramolecular Hbond substituents is 1. The zero-order chi connectivity index (χ0) is 8.27. The fraction of sp³-hybridized carbons (Fsp3) is 0. The first kappa shape index (κ1) is 11.0. The van der Waals surface area contributed by atoms with Crippen molar-refractivity contribution in [3.8, 4) is 5.75 Å². The van der Waals surface area contributed by atoms with E-state index < -0.39 is 5.97 Å². The van der Waals surface area contributed by atoms with Gasteiger partial charge in [0.15, 0.2) is 0 Å². The average Bonchev–Trinajstić information content (AvgIpc) is 2.04. The number of para-hydroxylation sites is 1. The summed E-state index contributed by atoms with van der Waals surface area (Å²) >= 11 is 0. The van der Waals surface area contributed by atoms with Crippen molar-refractivity contribution in [2.45, 2.75) is 0 Å². The molecule has 0 amide bonds. The second-order valence-corrected chi connectivity index (χ2v) is 1.90. The third-order valence-corrected chi connectivity index (χ3v) is 1.21. The summed E-state index contributed by atoms with van der Waals surface area (Å²) in [5, 5.41) is 17.0. The Morgan fingerprint density at radius 2 is 1.92 bits per heavy atom. The zero-order valence-corrected chi connectivity index (χ0v) is 7.25. The maximum absolute atomic E-state index is 10.6. The van der Waals surface area contributed by atoms with Gasteiger partial charge in [-0.2, -0.15) is 5.26 Å². The van der Waals surface area contributed by atoms with Gasteiger partial charge in [0.1, 0.15) is 11.3 Å². The van der Waals surface area contributed by atoms with Crippen LogP contribution in [0.3, 0.4) is 0 Å². The molecule has 0 bridgehead atoms. The van der Waals surface area contributed by atoms with Crippen LogP contribution >= 0.6 is 0 Å². The summed E-state index contributed by atoms with van der Waals surface area (Å²) in [6, 6.07) is 5.77. The number of rotatable bonds is 1. The van der Waals surface area contributed by atoms with E-state index in [1.165, 1.54) is 12.1 Å². The molecule has 4 nitrogen and oxygen atoms in total. The van der Waals surface area contributed by atoms with Crippen LogP contribution in [-0.2, 0) is 4.89 Å². The van der Waals surface area contributed by atoms with E-state index in [4.69, 9.17) is 10.4 Å². The maximum atomic E-state index is 10.6. The molecule has 2 N–H and O–H groups in total. The molecule has 0 atom stereocenters. The van der Waals surface area contributed by atoms with E-state index in [2.05, 4.69) is 4.89 Å². The summed E-state index contributed by atoms with van der Waals surface area (Å²) in [7, 11) is 0. The average molecular weight is 181 g/mol. The minimum absolute atomic E-state index is 0. The molecule has 1 rings (SSSR count). The molecule has 0 fully saturated rings. The van der Waals surface area contributed by atoms with Gasteiger partial charge >= 0.3 is 23.3 Å². The van der Waals surface area contributed by atoms with Gasteiger partial charge in [-0.25, -0.2) is 4.79 Å². The quantitative estimate of drug-likeness (QED) is 0.379. The first-order valence-corrected chi connectivity index (χ1v) is 2.89. The van der Waals surface area contributed by atoms with Crippen LogP contribution in [0.15, 0.2) is 24.3 Å². The van der Waals surface area contributed by atoms with E-state index in [0.717, 1.165) is 0 Å². The van der Waals surface area contributed by atoms with Crippen LogP contribution in [0.1, 0.15) is 10.4 Å². The van der Waals surface area contributed by atoms with Gasteiger partial charge < -0.3 is 5.11 Å². The first-order chi connectivity index (χ1) is 5.25. The molecule has 0 aliphatic carbocycles. The normalized spacial score (nSPS) is 8.42. The first-order valence-electron chi connectivity index (χ1n) is 2.89. The Bertz CT molecular complexity index is 274. The molecule has 12 heavy (non-hydrogen) atoms. The van der Waals surface area contributed by atoms with Crippen LogP contribution in [0.5, 0.6) is 5.75 Å². The number of benzene rings is 1. The standard InChI is InChI=1S/C7H6O4.Al/c8-6-4-2-1-3-5(6)7(9)11-10;/h1-4,8,10H;/q;+3. The third-order valence-electron chi connectivity index (χ3n) is 1.21. The van der Waals surface area contributed by atoms with Crippen LogP contribution in [0.2, 0.25) is 0 Å². The summed E-state index contributed by atoms with van der Waals surface area (Å²) in [5.74, 6) is -1.19. The Morgan fingerprint density at radius 1 is 1.33 bits per heavy atom. The van der Waals surface area contributed by atoms with Crippen molar-refractivity contribution in [3.63, 3.8) is 0 Å². The van der Waals surface area contributed by atoms with E-state index in [1.807, 2.05) is 0 Å². The Labute approximate surface area is 79.5 Å². The number of carbonyl (C=O) groups is 1. The van der Waals surface area contributed by atoms with Crippen LogP contribution < -0.4 is 0 Å². The van der Waals surface area contributed by atoms with Crippen LogP contribution in [0.25, 0.3) is 0 Å². The van der Waals surface area contributed by atoms with E-state index in [1.54, 1.807) is 12.1 Å². The molecule has 0 saturated heterocycles. The summed E-state index contributed by atoms with van der Waals surface area (Å²) < 4.78 is 0. The molecule has 1 aromatic carbocycles. The fourth-order valence-corrected chi connectivity index (χ4v) is 0.695. The third kappa shape index (κ3) is 2.24. The van der Waals surface area contributed by atoms with E-state index in [9.17, 15) is 4.79 Å². The molecule has 0 radical (unpaired) electrons. The van der Waals surface area contributed by atoms with Gasteiger partial charge in [0, 0.05) is 0 Å². The molecule has 0 spiro atoms. The molecule has 0 heterocycles. The Balaban J connectivity index is 0.00000121. The van der Waals surface area contributed by atoms with Gasteiger partial charge in [-0.05, 0) is 12.1 Å². The van der Waals surface area contributed by atoms with Crippen molar-refractivity contribution < 1.29 is 20.0 Å². The van der Waals surface area contributed by atoms with Crippen LogP contribution in [0, 0.1) is 0 Å². The minimum Gasteiger partial charge on any atom is -0.507 e. The molecule has 5 heteroatoms. The van der Waals surface area contributed by atoms with E-state index >= 15 is 0 Å². The molecule has 0 aromatic heterocycles. The largest absolute Gasteiger partial charge is 3.00 e. The second kappa shape index (κ2) is 4.78. The minimum atomic E-state index is -0.969. The zero-order valence-electron chi connectivity index (χ0n) is 6.10. The molecule has 0 aliphatic heterocycles. The molecule has 1 aromatic rings. The van der Waals surface area contributed by atoms with E-state index in [-0.39, 0.29) is 28.7 Å². The Morgan fingerprint density at radius 3 is 2.42 bits per heavy atom. The summed E-state index contributed by atoms with van der Waals surface area (Å²) in [6.07, 6.45) is 0. The van der Waals surface area contributed by atoms with Crippen molar-refractivity contribution in [2.75, 3.05) is 0 Å². The number of phenols is 1. The SMILES string of the molecule is O=C(OO)c1ccccc1O.[Al+3]. The van der Waals surface area contributed by atoms with Crippen LogP contribution in [0.4, 0.5) is 0 Å². The van der Waals surface area contributed by atoms with Gasteiger partial charge in [-0.3, -0.25) is 4.89 Å². The van der Waals surface area contributed by atoms with Gasteiger partial charge in [0.05, 0.1) is 0 Å². The smallest absolute Gasteiger partial charge is 0.507 e.